The van der Waals surface area contributed by atoms with Gasteiger partial charge in [-0.25, -0.2) is 0 Å². The first kappa shape index (κ1) is 18.3. The molecule has 0 saturated heterocycles. The van der Waals surface area contributed by atoms with Gasteiger partial charge in [-0.1, -0.05) is 30.3 Å². The van der Waals surface area contributed by atoms with Crippen molar-refractivity contribution in [3.63, 3.8) is 0 Å². The number of hydrogen-bond donors (Lipinski definition) is 2. The van der Waals surface area contributed by atoms with Crippen molar-refractivity contribution in [1.82, 2.24) is 5.32 Å². The predicted octanol–water partition coefficient (Wildman–Crippen LogP) is 3.13. The van der Waals surface area contributed by atoms with E-state index in [9.17, 15) is 9.59 Å². The molecule has 0 bridgehead atoms. The fraction of sp³-hybridized carbons (Fsp3) is 0.300. The van der Waals surface area contributed by atoms with Gasteiger partial charge in [-0.2, -0.15) is 0 Å². The zero-order valence-corrected chi connectivity index (χ0v) is 15.6. The van der Waals surface area contributed by atoms with E-state index in [4.69, 9.17) is 0 Å². The fourth-order valence-corrected chi connectivity index (χ4v) is 3.93. The minimum atomic E-state index is -0.378. The van der Waals surface area contributed by atoms with Gasteiger partial charge in [0, 0.05) is 37.1 Å². The average Bonchev–Trinajstić information content (AvgIpc) is 2.66. The molecule has 0 aliphatic carbocycles. The Hall–Kier alpha value is -2.47. The number of nitrogens with one attached hydrogen (secondary N) is 2. The SMILES string of the molecule is CN(CCCNC(=O)CC1Sc2ccccc2NC1=O)c1ccccc1. The van der Waals surface area contributed by atoms with Gasteiger partial charge in [-0.3, -0.25) is 9.59 Å². The number of hydrogen-bond acceptors (Lipinski definition) is 4. The number of amides is 2. The van der Waals surface area contributed by atoms with Crippen LogP contribution in [-0.2, 0) is 9.59 Å². The summed E-state index contributed by atoms with van der Waals surface area (Å²) >= 11 is 1.45. The molecule has 1 unspecified atom stereocenters. The summed E-state index contributed by atoms with van der Waals surface area (Å²) in [4.78, 5) is 27.5. The van der Waals surface area contributed by atoms with Crippen LogP contribution in [0.1, 0.15) is 12.8 Å². The lowest BCUT2D eigenvalue weighted by Crippen LogP contribution is -2.35. The maximum Gasteiger partial charge on any atom is 0.238 e. The molecule has 0 radical (unpaired) electrons. The molecule has 3 rings (SSSR count). The third-order valence-corrected chi connectivity index (χ3v) is 5.54. The van der Waals surface area contributed by atoms with Crippen LogP contribution in [0.25, 0.3) is 0 Å². The second kappa shape index (κ2) is 8.76. The Labute approximate surface area is 158 Å². The third-order valence-electron chi connectivity index (χ3n) is 4.27. The van der Waals surface area contributed by atoms with Crippen LogP contribution in [0.4, 0.5) is 11.4 Å². The summed E-state index contributed by atoms with van der Waals surface area (Å²) in [5.74, 6) is -0.188. The third kappa shape index (κ3) is 4.79. The van der Waals surface area contributed by atoms with E-state index in [0.29, 0.717) is 6.54 Å². The highest BCUT2D eigenvalue weighted by molar-refractivity contribution is 8.01. The minimum absolute atomic E-state index is 0.0839. The Bertz CT molecular complexity index is 767. The van der Waals surface area contributed by atoms with Crippen molar-refractivity contribution in [2.45, 2.75) is 23.0 Å². The number of nitrogens with zero attached hydrogens (tertiary/aromatic N) is 1. The van der Waals surface area contributed by atoms with Crippen LogP contribution in [0.15, 0.2) is 59.5 Å². The second-order valence-electron chi connectivity index (χ2n) is 6.26. The van der Waals surface area contributed by atoms with Gasteiger partial charge in [-0.05, 0) is 30.7 Å². The zero-order valence-electron chi connectivity index (χ0n) is 14.8. The molecule has 1 aliphatic heterocycles. The van der Waals surface area contributed by atoms with E-state index in [1.165, 1.54) is 11.8 Å². The topological polar surface area (TPSA) is 61.4 Å². The Balaban J connectivity index is 1.40. The van der Waals surface area contributed by atoms with Crippen LogP contribution >= 0.6 is 11.8 Å². The van der Waals surface area contributed by atoms with Crippen LogP contribution < -0.4 is 15.5 Å². The molecule has 0 spiro atoms. The molecule has 0 aromatic heterocycles. The molecule has 1 atom stereocenters. The van der Waals surface area contributed by atoms with Gasteiger partial charge in [0.05, 0.1) is 10.9 Å². The first-order valence-corrected chi connectivity index (χ1v) is 9.61. The van der Waals surface area contributed by atoms with Crippen molar-refractivity contribution < 1.29 is 9.59 Å². The normalized spacial score (nSPS) is 15.7. The second-order valence-corrected chi connectivity index (χ2v) is 7.50. The van der Waals surface area contributed by atoms with Gasteiger partial charge in [0.2, 0.25) is 11.8 Å². The molecule has 5 nitrogen and oxygen atoms in total. The van der Waals surface area contributed by atoms with Crippen molar-refractivity contribution in [2.75, 3.05) is 30.4 Å². The molecule has 2 N–H and O–H groups in total. The van der Waals surface area contributed by atoms with Crippen molar-refractivity contribution in [3.8, 4) is 0 Å². The summed E-state index contributed by atoms with van der Waals surface area (Å²) in [6.45, 7) is 1.46. The van der Waals surface area contributed by atoms with Crippen molar-refractivity contribution in [2.24, 2.45) is 0 Å². The molecular formula is C20H23N3O2S. The van der Waals surface area contributed by atoms with Crippen molar-refractivity contribution >= 4 is 35.0 Å². The molecule has 6 heteroatoms. The van der Waals surface area contributed by atoms with E-state index in [2.05, 4.69) is 27.7 Å². The molecule has 2 amide bonds. The number of carbonyl (C=O) groups is 2. The highest BCUT2D eigenvalue weighted by atomic mass is 32.2. The molecule has 2 aromatic rings. The number of fused-ring (bicyclic) bond motifs is 1. The van der Waals surface area contributed by atoms with Crippen LogP contribution in [0, 0.1) is 0 Å². The monoisotopic (exact) mass is 369 g/mol. The number of rotatable bonds is 7. The fourth-order valence-electron chi connectivity index (χ4n) is 2.82. The summed E-state index contributed by atoms with van der Waals surface area (Å²) < 4.78 is 0. The van der Waals surface area contributed by atoms with Gasteiger partial charge in [0.1, 0.15) is 0 Å². The molecular weight excluding hydrogens is 346 g/mol. The van der Waals surface area contributed by atoms with Crippen molar-refractivity contribution in [3.05, 3.63) is 54.6 Å². The molecule has 26 heavy (non-hydrogen) atoms. The van der Waals surface area contributed by atoms with E-state index >= 15 is 0 Å². The molecule has 0 saturated carbocycles. The van der Waals surface area contributed by atoms with E-state index < -0.39 is 0 Å². The van der Waals surface area contributed by atoms with E-state index in [1.54, 1.807) is 0 Å². The minimum Gasteiger partial charge on any atom is -0.375 e. The first-order chi connectivity index (χ1) is 12.6. The highest BCUT2D eigenvalue weighted by Gasteiger charge is 2.28. The van der Waals surface area contributed by atoms with Gasteiger partial charge >= 0.3 is 0 Å². The number of anilines is 2. The van der Waals surface area contributed by atoms with Gasteiger partial charge in [-0.15, -0.1) is 11.8 Å². The Kier molecular flexibility index (Phi) is 6.17. The number of para-hydroxylation sites is 2. The summed E-state index contributed by atoms with van der Waals surface area (Å²) in [5.41, 5.74) is 1.98. The van der Waals surface area contributed by atoms with E-state index in [0.717, 1.165) is 29.2 Å². The lowest BCUT2D eigenvalue weighted by atomic mass is 10.2. The van der Waals surface area contributed by atoms with Gasteiger partial charge < -0.3 is 15.5 Å². The van der Waals surface area contributed by atoms with E-state index in [1.807, 2.05) is 49.5 Å². The molecule has 1 aliphatic rings. The molecule has 2 aromatic carbocycles. The lowest BCUT2D eigenvalue weighted by molar-refractivity contribution is -0.124. The Morgan fingerprint density at radius 1 is 1.15 bits per heavy atom. The lowest BCUT2D eigenvalue weighted by Gasteiger charge is -2.23. The summed E-state index contributed by atoms with van der Waals surface area (Å²) in [6.07, 6.45) is 1.04. The maximum atomic E-state index is 12.2. The predicted molar refractivity (Wildman–Crippen MR) is 107 cm³/mol. The van der Waals surface area contributed by atoms with Crippen LogP contribution in [0.5, 0.6) is 0 Å². The van der Waals surface area contributed by atoms with E-state index in [-0.39, 0.29) is 23.5 Å². The van der Waals surface area contributed by atoms with Crippen LogP contribution in [0.3, 0.4) is 0 Å². The number of thioether (sulfide) groups is 1. The zero-order chi connectivity index (χ0) is 18.4. The van der Waals surface area contributed by atoms with Crippen molar-refractivity contribution in [1.29, 1.82) is 0 Å². The quantitative estimate of drug-likeness (QED) is 0.736. The maximum absolute atomic E-state index is 12.2. The van der Waals surface area contributed by atoms with Gasteiger partial charge in [0.15, 0.2) is 0 Å². The molecule has 0 fully saturated rings. The number of benzene rings is 2. The van der Waals surface area contributed by atoms with Crippen LogP contribution in [-0.4, -0.2) is 37.2 Å². The Morgan fingerprint density at radius 2 is 1.88 bits per heavy atom. The van der Waals surface area contributed by atoms with Crippen LogP contribution in [0.2, 0.25) is 0 Å². The first-order valence-electron chi connectivity index (χ1n) is 8.73. The standard InChI is InChI=1S/C20H23N3O2S/c1-23(15-8-3-2-4-9-15)13-7-12-21-19(24)14-18-20(25)22-16-10-5-6-11-17(16)26-18/h2-6,8-11,18H,7,12-14H2,1H3,(H,21,24)(H,22,25). The molecule has 136 valence electrons. The summed E-state index contributed by atoms with van der Waals surface area (Å²) in [7, 11) is 2.04. The summed E-state index contributed by atoms with van der Waals surface area (Å²) in [6, 6.07) is 17.8. The number of carbonyl (C=O) groups excluding carboxylic acids is 2. The highest BCUT2D eigenvalue weighted by Crippen LogP contribution is 2.36. The molecule has 1 heterocycles. The average molecular weight is 369 g/mol. The Morgan fingerprint density at radius 3 is 2.69 bits per heavy atom. The van der Waals surface area contributed by atoms with Gasteiger partial charge in [0.25, 0.3) is 0 Å². The summed E-state index contributed by atoms with van der Waals surface area (Å²) in [5, 5.41) is 5.41. The largest absolute Gasteiger partial charge is 0.375 e. The smallest absolute Gasteiger partial charge is 0.238 e.